The van der Waals surface area contributed by atoms with Crippen LogP contribution in [0, 0.1) is 6.92 Å². The fraction of sp³-hybridized carbons (Fsp3) is 0.391. The molecule has 1 aliphatic rings. The van der Waals surface area contributed by atoms with Crippen LogP contribution in [0.3, 0.4) is 0 Å². The topological polar surface area (TPSA) is 79.7 Å². The third-order valence-electron chi connectivity index (χ3n) is 5.61. The Balaban J connectivity index is 2.14. The molecule has 0 radical (unpaired) electrons. The van der Waals surface area contributed by atoms with Crippen LogP contribution in [-0.2, 0) is 29.0 Å². The third kappa shape index (κ3) is 3.45. The number of ether oxygens (including phenoxy) is 1. The van der Waals surface area contributed by atoms with Gasteiger partial charge in [0, 0.05) is 33.7 Å². The zero-order chi connectivity index (χ0) is 20.5. The quantitative estimate of drug-likeness (QED) is 0.609. The van der Waals surface area contributed by atoms with Crippen molar-refractivity contribution in [2.45, 2.75) is 52.2 Å². The molecule has 1 aromatic carbocycles. The molecule has 6 heteroatoms. The second-order valence-corrected chi connectivity index (χ2v) is 8.45. The molecular weight excluding hydrogens is 386 g/mol. The highest BCUT2D eigenvalue weighted by Gasteiger charge is 2.31. The summed E-state index contributed by atoms with van der Waals surface area (Å²) in [4.78, 5) is 19.3. The number of aliphatic hydroxyl groups excluding tert-OH is 1. The van der Waals surface area contributed by atoms with E-state index in [1.54, 1.807) is 18.3 Å². The average molecular weight is 412 g/mol. The maximum absolute atomic E-state index is 12.1. The molecule has 3 aromatic rings. The Morgan fingerprint density at radius 1 is 1.28 bits per heavy atom. The van der Waals surface area contributed by atoms with Gasteiger partial charge < -0.3 is 14.9 Å². The number of hydrogen-bond donors (Lipinski definition) is 2. The first-order chi connectivity index (χ1) is 14.1. The minimum atomic E-state index is -1.10. The molecule has 1 aliphatic carbocycles. The van der Waals surface area contributed by atoms with Crippen LogP contribution in [0.25, 0.3) is 21.3 Å². The number of carboxylic acids is 1. The van der Waals surface area contributed by atoms with Crippen LogP contribution in [0.1, 0.15) is 53.1 Å². The van der Waals surface area contributed by atoms with Gasteiger partial charge in [0.05, 0.1) is 6.61 Å². The smallest absolute Gasteiger partial charge is 0.337 e. The van der Waals surface area contributed by atoms with Crippen molar-refractivity contribution in [2.24, 2.45) is 0 Å². The van der Waals surface area contributed by atoms with Gasteiger partial charge in [-0.05, 0) is 56.2 Å². The van der Waals surface area contributed by atoms with Crippen molar-refractivity contribution in [2.75, 3.05) is 6.61 Å². The number of fused-ring (bicyclic) bond motifs is 3. The van der Waals surface area contributed by atoms with E-state index in [0.717, 1.165) is 46.2 Å². The number of carbonyl (C=O) groups is 1. The van der Waals surface area contributed by atoms with Crippen molar-refractivity contribution in [3.63, 3.8) is 0 Å². The first-order valence-corrected chi connectivity index (χ1v) is 10.9. The second kappa shape index (κ2) is 8.22. The van der Waals surface area contributed by atoms with Crippen LogP contribution in [-0.4, -0.2) is 27.8 Å². The molecule has 2 N–H and O–H groups in total. The van der Waals surface area contributed by atoms with Crippen LogP contribution < -0.4 is 0 Å². The Labute approximate surface area is 174 Å². The molecule has 0 spiro atoms. The van der Waals surface area contributed by atoms with Gasteiger partial charge in [-0.15, -0.1) is 11.3 Å². The molecule has 0 saturated heterocycles. The fourth-order valence-corrected chi connectivity index (χ4v) is 5.68. The van der Waals surface area contributed by atoms with Gasteiger partial charge in [0.25, 0.3) is 0 Å². The van der Waals surface area contributed by atoms with Crippen molar-refractivity contribution >= 4 is 27.5 Å². The normalized spacial score (nSPS) is 14.7. The molecule has 0 amide bonds. The summed E-state index contributed by atoms with van der Waals surface area (Å²) in [6.07, 6.45) is 3.21. The second-order valence-electron chi connectivity index (χ2n) is 7.37. The minimum absolute atomic E-state index is 0.114. The van der Waals surface area contributed by atoms with E-state index in [9.17, 15) is 15.0 Å². The van der Waals surface area contributed by atoms with Crippen LogP contribution >= 0.6 is 11.3 Å². The molecule has 5 nitrogen and oxygen atoms in total. The van der Waals surface area contributed by atoms with Gasteiger partial charge in [-0.2, -0.15) is 0 Å². The Kier molecular flexibility index (Phi) is 5.67. The van der Waals surface area contributed by atoms with Crippen molar-refractivity contribution < 1.29 is 19.7 Å². The molecular formula is C23H25NO4S. The highest BCUT2D eigenvalue weighted by Crippen LogP contribution is 2.45. The molecule has 2 heterocycles. The van der Waals surface area contributed by atoms with E-state index in [2.05, 4.69) is 0 Å². The predicted octanol–water partition coefficient (Wildman–Crippen LogP) is 4.81. The van der Waals surface area contributed by atoms with Crippen LogP contribution in [0.5, 0.6) is 0 Å². The third-order valence-corrected chi connectivity index (χ3v) is 6.79. The number of nitrogens with zero attached hydrogens (tertiary/aromatic N) is 1. The molecule has 2 aromatic heterocycles. The number of benzene rings is 1. The summed E-state index contributed by atoms with van der Waals surface area (Å²) >= 11 is 1.72. The van der Waals surface area contributed by atoms with Crippen molar-refractivity contribution in [1.82, 2.24) is 4.98 Å². The lowest BCUT2D eigenvalue weighted by Gasteiger charge is -2.22. The molecule has 0 saturated carbocycles. The molecule has 4 rings (SSSR count). The lowest BCUT2D eigenvalue weighted by Crippen LogP contribution is -2.18. The number of aliphatic carboxylic acids is 1. The number of carboxylic acid groups (broad SMARTS) is 1. The Morgan fingerprint density at radius 2 is 2.03 bits per heavy atom. The van der Waals surface area contributed by atoms with Gasteiger partial charge in [0.1, 0.15) is 4.83 Å². The number of rotatable bonds is 6. The monoisotopic (exact) mass is 411 g/mol. The Morgan fingerprint density at radius 3 is 2.76 bits per heavy atom. The first-order valence-electron chi connectivity index (χ1n) is 10.0. The van der Waals surface area contributed by atoms with Gasteiger partial charge in [0.2, 0.25) is 0 Å². The number of pyridine rings is 1. The summed E-state index contributed by atoms with van der Waals surface area (Å²) < 4.78 is 5.68. The van der Waals surface area contributed by atoms with E-state index in [1.165, 1.54) is 16.9 Å². The first kappa shape index (κ1) is 20.0. The zero-order valence-corrected chi connectivity index (χ0v) is 17.5. The fourth-order valence-electron chi connectivity index (χ4n) is 4.36. The molecule has 0 bridgehead atoms. The SMILES string of the molecule is CCO[C@H](C(=O)O)c1c(C)nc2sc3c(c2c1-c1ccccc1CO)CCCC3. The summed E-state index contributed by atoms with van der Waals surface area (Å²) in [5.41, 5.74) is 5.04. The summed E-state index contributed by atoms with van der Waals surface area (Å²) in [6.45, 7) is 3.83. The Hall–Kier alpha value is -2.28. The summed E-state index contributed by atoms with van der Waals surface area (Å²) in [7, 11) is 0. The maximum Gasteiger partial charge on any atom is 0.337 e. The molecule has 0 unspecified atom stereocenters. The molecule has 0 fully saturated rings. The van der Waals surface area contributed by atoms with Crippen LogP contribution in [0.2, 0.25) is 0 Å². The maximum atomic E-state index is 12.1. The molecule has 29 heavy (non-hydrogen) atoms. The Bertz CT molecular complexity index is 1070. The number of aromatic nitrogens is 1. The van der Waals surface area contributed by atoms with Crippen LogP contribution in [0.4, 0.5) is 0 Å². The molecule has 1 atom stereocenters. The van der Waals surface area contributed by atoms with Gasteiger partial charge >= 0.3 is 5.97 Å². The number of thiophene rings is 1. The van der Waals surface area contributed by atoms with Gasteiger partial charge in [-0.1, -0.05) is 24.3 Å². The van der Waals surface area contributed by atoms with E-state index in [1.807, 2.05) is 31.2 Å². The van der Waals surface area contributed by atoms with Crippen LogP contribution in [0.15, 0.2) is 24.3 Å². The number of hydrogen-bond acceptors (Lipinski definition) is 5. The average Bonchev–Trinajstić information content (AvgIpc) is 3.09. The minimum Gasteiger partial charge on any atom is -0.479 e. The summed E-state index contributed by atoms with van der Waals surface area (Å²) in [5, 5.41) is 21.0. The van der Waals surface area contributed by atoms with E-state index in [-0.39, 0.29) is 13.2 Å². The van der Waals surface area contributed by atoms with E-state index >= 15 is 0 Å². The summed E-state index contributed by atoms with van der Waals surface area (Å²) in [5.74, 6) is -1.03. The number of aliphatic hydroxyl groups is 1. The zero-order valence-electron chi connectivity index (χ0n) is 16.7. The standard InChI is InChI=1S/C23H25NO4S/c1-3-28-21(23(26)27)18-13(2)24-22-20(16-10-6-7-11-17(16)29-22)19(18)15-9-5-4-8-14(15)12-25/h4-5,8-9,21,25H,3,6-7,10-12H2,1-2H3,(H,26,27)/t21-/m0/s1. The van der Waals surface area contributed by atoms with Gasteiger partial charge in [0.15, 0.2) is 6.10 Å². The summed E-state index contributed by atoms with van der Waals surface area (Å²) in [6, 6.07) is 7.66. The van der Waals surface area contributed by atoms with Gasteiger partial charge in [-0.25, -0.2) is 9.78 Å². The highest BCUT2D eigenvalue weighted by molar-refractivity contribution is 7.19. The predicted molar refractivity (Wildman–Crippen MR) is 114 cm³/mol. The van der Waals surface area contributed by atoms with Crippen molar-refractivity contribution in [3.8, 4) is 11.1 Å². The largest absolute Gasteiger partial charge is 0.479 e. The molecule has 0 aliphatic heterocycles. The van der Waals surface area contributed by atoms with Crippen molar-refractivity contribution in [3.05, 3.63) is 51.5 Å². The van der Waals surface area contributed by atoms with E-state index in [0.29, 0.717) is 11.3 Å². The highest BCUT2D eigenvalue weighted by atomic mass is 32.1. The van der Waals surface area contributed by atoms with Crippen molar-refractivity contribution in [1.29, 1.82) is 0 Å². The van der Waals surface area contributed by atoms with E-state index < -0.39 is 12.1 Å². The lowest BCUT2D eigenvalue weighted by atomic mass is 9.86. The number of aryl methyl sites for hydroxylation is 3. The van der Waals surface area contributed by atoms with Gasteiger partial charge in [-0.3, -0.25) is 0 Å². The van der Waals surface area contributed by atoms with E-state index in [4.69, 9.17) is 9.72 Å². The lowest BCUT2D eigenvalue weighted by molar-refractivity contribution is -0.150. The molecule has 152 valence electrons.